The molecule has 1 amide bonds. The highest BCUT2D eigenvalue weighted by Crippen LogP contribution is 2.18. The summed E-state index contributed by atoms with van der Waals surface area (Å²) in [7, 11) is 0. The molecule has 0 aromatic carbocycles. The van der Waals surface area contributed by atoms with Crippen LogP contribution in [-0.2, 0) is 4.79 Å². The van der Waals surface area contributed by atoms with E-state index in [-0.39, 0.29) is 0 Å². The van der Waals surface area contributed by atoms with Crippen LogP contribution >= 0.6 is 0 Å². The molecule has 0 aliphatic heterocycles. The molecule has 0 radical (unpaired) electrons. The summed E-state index contributed by atoms with van der Waals surface area (Å²) < 4.78 is 0. The van der Waals surface area contributed by atoms with Crippen LogP contribution in [0.3, 0.4) is 0 Å². The Morgan fingerprint density at radius 3 is 1.00 bits per heavy atom. The van der Waals surface area contributed by atoms with Crippen LogP contribution in [0, 0.1) is 0 Å². The van der Waals surface area contributed by atoms with Gasteiger partial charge in [-0.25, -0.2) is 0 Å². The monoisotopic (exact) mass is 876 g/mol. The number of unbranched alkanes of at least 4 members (excludes halogenated alkanes) is 38. The third-order valence-corrected chi connectivity index (χ3v) is 13.1. The van der Waals surface area contributed by atoms with Gasteiger partial charge in [0, 0.05) is 0 Å². The van der Waals surface area contributed by atoms with Crippen molar-refractivity contribution >= 4 is 5.91 Å². The van der Waals surface area contributed by atoms with Crippen LogP contribution in [0.1, 0.15) is 296 Å². The summed E-state index contributed by atoms with van der Waals surface area (Å²) in [5.41, 5.74) is 0. The van der Waals surface area contributed by atoms with E-state index < -0.39 is 36.9 Å². The SMILES string of the molecule is CCCCC/C=C/CCCC(O)C(O)C(CO)NC(=O)C(O)CCCCCCCCCCCCCCCCCC/C=C\CCCCCCCCCCCCCCCCCCCC. The summed E-state index contributed by atoms with van der Waals surface area (Å²) in [5.74, 6) is -0.593. The summed E-state index contributed by atoms with van der Waals surface area (Å²) in [4.78, 5) is 12.5. The van der Waals surface area contributed by atoms with E-state index in [1.54, 1.807) is 0 Å². The third kappa shape index (κ3) is 44.0. The lowest BCUT2D eigenvalue weighted by Gasteiger charge is -2.27. The van der Waals surface area contributed by atoms with E-state index in [1.807, 2.05) is 0 Å². The second kappa shape index (κ2) is 50.8. The van der Waals surface area contributed by atoms with E-state index >= 15 is 0 Å². The fourth-order valence-electron chi connectivity index (χ4n) is 8.75. The normalized spacial score (nSPS) is 14.0. The van der Waals surface area contributed by atoms with Crippen molar-refractivity contribution in [3.8, 4) is 0 Å². The van der Waals surface area contributed by atoms with Crippen LogP contribution in [0.4, 0.5) is 0 Å². The van der Waals surface area contributed by atoms with Gasteiger partial charge in [0.05, 0.1) is 18.8 Å². The third-order valence-electron chi connectivity index (χ3n) is 13.1. The van der Waals surface area contributed by atoms with Gasteiger partial charge in [-0.1, -0.05) is 256 Å². The molecule has 0 aliphatic rings. The molecule has 4 atom stereocenters. The van der Waals surface area contributed by atoms with E-state index in [0.717, 1.165) is 38.5 Å². The number of aliphatic hydroxyl groups excluding tert-OH is 4. The zero-order valence-corrected chi connectivity index (χ0v) is 41.6. The van der Waals surface area contributed by atoms with Crippen molar-refractivity contribution in [1.29, 1.82) is 0 Å². The molecule has 0 spiro atoms. The first-order chi connectivity index (χ1) is 30.5. The van der Waals surface area contributed by atoms with E-state index in [9.17, 15) is 25.2 Å². The van der Waals surface area contributed by atoms with E-state index in [4.69, 9.17) is 0 Å². The molecule has 4 unspecified atom stereocenters. The first-order valence-corrected chi connectivity index (χ1v) is 27.7. The average molecular weight is 876 g/mol. The molecule has 0 rings (SSSR count). The van der Waals surface area contributed by atoms with Crippen LogP contribution in [0.5, 0.6) is 0 Å². The number of carbonyl (C=O) groups excluding carboxylic acids is 1. The van der Waals surface area contributed by atoms with Gasteiger partial charge < -0.3 is 25.7 Å². The fraction of sp³-hybridized carbons (Fsp3) is 0.911. The smallest absolute Gasteiger partial charge is 0.249 e. The van der Waals surface area contributed by atoms with E-state index in [2.05, 4.69) is 43.5 Å². The van der Waals surface area contributed by atoms with Gasteiger partial charge in [-0.2, -0.15) is 0 Å². The van der Waals surface area contributed by atoms with Crippen molar-refractivity contribution in [3.63, 3.8) is 0 Å². The van der Waals surface area contributed by atoms with Crippen molar-refractivity contribution in [2.24, 2.45) is 0 Å². The number of carbonyl (C=O) groups is 1. The molecular weight excluding hydrogens is 767 g/mol. The van der Waals surface area contributed by atoms with E-state index in [1.165, 1.54) is 231 Å². The first kappa shape index (κ1) is 60.8. The number of hydrogen-bond donors (Lipinski definition) is 5. The quantitative estimate of drug-likeness (QED) is 0.0309. The Kier molecular flexibility index (Phi) is 49.8. The Bertz CT molecular complexity index is 939. The summed E-state index contributed by atoms with van der Waals surface area (Å²) in [6.07, 6.45) is 61.6. The van der Waals surface area contributed by atoms with Crippen molar-refractivity contribution in [2.45, 2.75) is 321 Å². The summed E-state index contributed by atoms with van der Waals surface area (Å²) >= 11 is 0. The molecule has 0 aromatic heterocycles. The number of allylic oxidation sites excluding steroid dienone is 4. The molecule has 0 aromatic rings. The summed E-state index contributed by atoms with van der Waals surface area (Å²) in [6.45, 7) is 3.99. The number of hydrogen-bond acceptors (Lipinski definition) is 5. The van der Waals surface area contributed by atoms with Gasteiger partial charge in [0.15, 0.2) is 0 Å². The summed E-state index contributed by atoms with van der Waals surface area (Å²) in [6, 6.07) is -0.998. The number of nitrogens with one attached hydrogen (secondary N) is 1. The average Bonchev–Trinajstić information content (AvgIpc) is 3.28. The molecule has 0 saturated heterocycles. The highest BCUT2D eigenvalue weighted by Gasteiger charge is 2.28. The molecule has 368 valence electrons. The minimum Gasteiger partial charge on any atom is -0.394 e. The van der Waals surface area contributed by atoms with Gasteiger partial charge in [0.25, 0.3) is 0 Å². The molecule has 6 heteroatoms. The topological polar surface area (TPSA) is 110 Å². The van der Waals surface area contributed by atoms with Crippen LogP contribution in [0.25, 0.3) is 0 Å². The summed E-state index contributed by atoms with van der Waals surface area (Å²) in [5, 5.41) is 43.5. The van der Waals surface area contributed by atoms with Crippen molar-refractivity contribution in [2.75, 3.05) is 6.61 Å². The Morgan fingerprint density at radius 1 is 0.387 bits per heavy atom. The van der Waals surface area contributed by atoms with Crippen molar-refractivity contribution in [1.82, 2.24) is 5.32 Å². The molecule has 0 heterocycles. The Balaban J connectivity index is 3.45. The zero-order valence-electron chi connectivity index (χ0n) is 41.6. The molecule has 0 aliphatic carbocycles. The van der Waals surface area contributed by atoms with Crippen LogP contribution < -0.4 is 5.32 Å². The molecule has 5 N–H and O–H groups in total. The van der Waals surface area contributed by atoms with Gasteiger partial charge in [-0.3, -0.25) is 4.79 Å². The first-order valence-electron chi connectivity index (χ1n) is 27.7. The Morgan fingerprint density at radius 2 is 0.661 bits per heavy atom. The van der Waals surface area contributed by atoms with Gasteiger partial charge in [-0.05, 0) is 64.2 Å². The maximum absolute atomic E-state index is 12.5. The lowest BCUT2D eigenvalue weighted by atomic mass is 10.00. The largest absolute Gasteiger partial charge is 0.394 e. The highest BCUT2D eigenvalue weighted by molar-refractivity contribution is 5.80. The number of amides is 1. The van der Waals surface area contributed by atoms with Gasteiger partial charge >= 0.3 is 0 Å². The van der Waals surface area contributed by atoms with E-state index in [0.29, 0.717) is 12.8 Å². The Hall–Kier alpha value is -1.21. The number of rotatable bonds is 51. The molecule has 6 nitrogen and oxygen atoms in total. The van der Waals surface area contributed by atoms with Crippen molar-refractivity contribution < 1.29 is 25.2 Å². The van der Waals surface area contributed by atoms with Crippen molar-refractivity contribution in [3.05, 3.63) is 24.3 Å². The van der Waals surface area contributed by atoms with Gasteiger partial charge in [0.1, 0.15) is 12.2 Å². The second-order valence-electron chi connectivity index (χ2n) is 19.3. The van der Waals surface area contributed by atoms with Gasteiger partial charge in [-0.15, -0.1) is 0 Å². The molecule has 62 heavy (non-hydrogen) atoms. The maximum Gasteiger partial charge on any atom is 0.249 e. The molecule has 0 saturated carbocycles. The van der Waals surface area contributed by atoms with Gasteiger partial charge in [0.2, 0.25) is 5.91 Å². The minimum absolute atomic E-state index is 0.365. The standard InChI is InChI=1S/C56H109NO5/c1-3-5-7-9-11-13-14-15-16-17-18-19-20-21-22-23-24-25-26-27-28-29-30-31-32-33-34-35-36-37-38-39-40-41-42-44-46-48-50-54(60)56(62)57-52(51-58)55(61)53(59)49-47-45-43-12-10-8-6-4-2/h12,27-28,43,52-55,58-61H,3-11,13-26,29-42,44-51H2,1-2H3,(H,57,62)/b28-27-,43-12+. The minimum atomic E-state index is -1.28. The fourth-order valence-corrected chi connectivity index (χ4v) is 8.75. The predicted molar refractivity (Wildman–Crippen MR) is 270 cm³/mol. The highest BCUT2D eigenvalue weighted by atomic mass is 16.3. The molecule has 0 fully saturated rings. The van der Waals surface area contributed by atoms with Crippen LogP contribution in [0.2, 0.25) is 0 Å². The maximum atomic E-state index is 12.5. The Labute approximate surface area is 386 Å². The molecular formula is C56H109NO5. The van der Waals surface area contributed by atoms with Crippen LogP contribution in [-0.4, -0.2) is 57.3 Å². The number of aliphatic hydroxyl groups is 4. The molecule has 0 bridgehead atoms. The van der Waals surface area contributed by atoms with Crippen LogP contribution in [0.15, 0.2) is 24.3 Å². The lowest BCUT2D eigenvalue weighted by Crippen LogP contribution is -2.53. The predicted octanol–water partition coefficient (Wildman–Crippen LogP) is 15.9. The lowest BCUT2D eigenvalue weighted by molar-refractivity contribution is -0.132. The second-order valence-corrected chi connectivity index (χ2v) is 19.3. The zero-order chi connectivity index (χ0) is 45.2.